The van der Waals surface area contributed by atoms with Gasteiger partial charge in [0.05, 0.1) is 0 Å². The maximum atomic E-state index is 3.74. The van der Waals surface area contributed by atoms with Gasteiger partial charge in [0, 0.05) is 31.7 Å². The molecule has 0 aromatic carbocycles. The van der Waals surface area contributed by atoms with E-state index in [-0.39, 0.29) is 0 Å². The monoisotopic (exact) mass is 252 g/mol. The minimum atomic E-state index is 0.458. The van der Waals surface area contributed by atoms with E-state index >= 15 is 0 Å². The quantitative estimate of drug-likeness (QED) is 0.677. The third-order valence-corrected chi connectivity index (χ3v) is 4.50. The summed E-state index contributed by atoms with van der Waals surface area (Å²) in [6, 6.07) is 1.74. The van der Waals surface area contributed by atoms with E-state index in [1.165, 1.54) is 51.7 Å². The summed E-state index contributed by atoms with van der Waals surface area (Å²) in [5.41, 5.74) is 0.458. The van der Waals surface area contributed by atoms with Crippen LogP contribution >= 0.6 is 0 Å². The van der Waals surface area contributed by atoms with Gasteiger partial charge in [-0.2, -0.15) is 0 Å². The molecular formula is C16H32N2. The zero-order valence-corrected chi connectivity index (χ0v) is 12.8. The van der Waals surface area contributed by atoms with Crippen LogP contribution in [0.15, 0.2) is 0 Å². The summed E-state index contributed by atoms with van der Waals surface area (Å²) in [7, 11) is 0. The molecule has 2 heteroatoms. The second-order valence-corrected chi connectivity index (χ2v) is 7.37. The summed E-state index contributed by atoms with van der Waals surface area (Å²) in [6.07, 6.45) is 6.95. The van der Waals surface area contributed by atoms with Crippen molar-refractivity contribution in [1.82, 2.24) is 10.2 Å². The molecule has 0 amide bonds. The van der Waals surface area contributed by atoms with E-state index in [0.29, 0.717) is 5.41 Å². The van der Waals surface area contributed by atoms with Crippen molar-refractivity contribution in [3.63, 3.8) is 0 Å². The lowest BCUT2D eigenvalue weighted by Gasteiger charge is -2.36. The third kappa shape index (κ3) is 4.55. The van der Waals surface area contributed by atoms with Crippen LogP contribution in [0, 0.1) is 11.3 Å². The molecule has 106 valence electrons. The van der Waals surface area contributed by atoms with Gasteiger partial charge >= 0.3 is 0 Å². The second-order valence-electron chi connectivity index (χ2n) is 7.37. The molecule has 1 atom stereocenters. The molecule has 2 aliphatic rings. The molecule has 0 radical (unpaired) electrons. The molecule has 2 fully saturated rings. The molecule has 18 heavy (non-hydrogen) atoms. The van der Waals surface area contributed by atoms with E-state index in [1.807, 2.05) is 0 Å². The Hall–Kier alpha value is -0.0800. The molecule has 0 heterocycles. The first-order chi connectivity index (χ1) is 8.52. The van der Waals surface area contributed by atoms with E-state index in [4.69, 9.17) is 0 Å². The summed E-state index contributed by atoms with van der Waals surface area (Å²) < 4.78 is 0. The maximum Gasteiger partial charge on any atom is 0.00967 e. The normalized spacial score (nSPS) is 23.7. The number of nitrogens with one attached hydrogen (secondary N) is 1. The van der Waals surface area contributed by atoms with Crippen LogP contribution < -0.4 is 5.32 Å². The molecule has 1 N–H and O–H groups in total. The fourth-order valence-corrected chi connectivity index (χ4v) is 2.71. The highest BCUT2D eigenvalue weighted by Crippen LogP contribution is 2.32. The highest BCUT2D eigenvalue weighted by atomic mass is 15.2. The van der Waals surface area contributed by atoms with Gasteiger partial charge in [0.1, 0.15) is 0 Å². The van der Waals surface area contributed by atoms with Crippen molar-refractivity contribution in [2.45, 2.75) is 71.9 Å². The van der Waals surface area contributed by atoms with Crippen molar-refractivity contribution >= 4 is 0 Å². The second kappa shape index (κ2) is 5.92. The Labute approximate surface area is 114 Å². The highest BCUT2D eigenvalue weighted by molar-refractivity contribution is 4.91. The topological polar surface area (TPSA) is 15.3 Å². The predicted octanol–water partition coefficient (Wildman–Crippen LogP) is 3.28. The van der Waals surface area contributed by atoms with E-state index < -0.39 is 0 Å². The predicted molar refractivity (Wildman–Crippen MR) is 78.9 cm³/mol. The smallest absolute Gasteiger partial charge is 0.00967 e. The van der Waals surface area contributed by atoms with E-state index in [9.17, 15) is 0 Å². The molecule has 2 aliphatic carbocycles. The third-order valence-electron chi connectivity index (χ3n) is 4.50. The van der Waals surface area contributed by atoms with Gasteiger partial charge in [-0.3, -0.25) is 4.90 Å². The van der Waals surface area contributed by atoms with Crippen molar-refractivity contribution in [3.05, 3.63) is 0 Å². The lowest BCUT2D eigenvalue weighted by molar-refractivity contribution is 0.135. The van der Waals surface area contributed by atoms with Crippen LogP contribution in [0.2, 0.25) is 0 Å². The molecule has 0 aromatic heterocycles. The number of nitrogens with zero attached hydrogens (tertiary/aromatic N) is 1. The van der Waals surface area contributed by atoms with Crippen LogP contribution in [0.5, 0.6) is 0 Å². The van der Waals surface area contributed by atoms with Gasteiger partial charge in [0.2, 0.25) is 0 Å². The lowest BCUT2D eigenvalue weighted by Crippen LogP contribution is -2.44. The SMILES string of the molecule is CCC(C)(CNC1CC1)CN(CC(C)C)C1CC1. The maximum absolute atomic E-state index is 3.74. The van der Waals surface area contributed by atoms with Gasteiger partial charge < -0.3 is 5.32 Å². The number of hydrogen-bond donors (Lipinski definition) is 1. The van der Waals surface area contributed by atoms with E-state index in [0.717, 1.165) is 18.0 Å². The molecule has 0 bridgehead atoms. The van der Waals surface area contributed by atoms with Crippen molar-refractivity contribution < 1.29 is 0 Å². The Kier molecular flexibility index (Phi) is 4.71. The van der Waals surface area contributed by atoms with Crippen LogP contribution in [0.25, 0.3) is 0 Å². The van der Waals surface area contributed by atoms with Crippen LogP contribution in [0.4, 0.5) is 0 Å². The average Bonchev–Trinajstić information content (AvgIpc) is 3.18. The van der Waals surface area contributed by atoms with Crippen LogP contribution in [-0.4, -0.2) is 36.6 Å². The first-order valence-corrected chi connectivity index (χ1v) is 8.00. The average molecular weight is 252 g/mol. The van der Waals surface area contributed by atoms with Crippen molar-refractivity contribution in [2.24, 2.45) is 11.3 Å². The van der Waals surface area contributed by atoms with Gasteiger partial charge in [0.15, 0.2) is 0 Å². The van der Waals surface area contributed by atoms with Crippen LogP contribution in [0.3, 0.4) is 0 Å². The molecule has 2 nitrogen and oxygen atoms in total. The summed E-state index contributed by atoms with van der Waals surface area (Å²) in [4.78, 5) is 2.77. The fraction of sp³-hybridized carbons (Fsp3) is 1.00. The Morgan fingerprint density at radius 1 is 1.22 bits per heavy atom. The summed E-state index contributed by atoms with van der Waals surface area (Å²) in [6.45, 7) is 13.3. The van der Waals surface area contributed by atoms with E-state index in [1.54, 1.807) is 0 Å². The fourth-order valence-electron chi connectivity index (χ4n) is 2.71. The molecule has 2 saturated carbocycles. The minimum absolute atomic E-state index is 0.458. The molecule has 0 aliphatic heterocycles. The zero-order chi connectivity index (χ0) is 13.2. The Balaban J connectivity index is 1.83. The first kappa shape index (κ1) is 14.3. The van der Waals surface area contributed by atoms with Crippen LogP contribution in [-0.2, 0) is 0 Å². The summed E-state index contributed by atoms with van der Waals surface area (Å²) in [5, 5.41) is 3.74. The standard InChI is InChI=1S/C16H32N2/c1-5-16(4,11-17-14-6-7-14)12-18(10-13(2)3)15-8-9-15/h13-15,17H,5-12H2,1-4H3. The van der Waals surface area contributed by atoms with Gasteiger partial charge in [-0.1, -0.05) is 27.7 Å². The molecule has 0 spiro atoms. The van der Waals surface area contributed by atoms with Gasteiger partial charge in [0.25, 0.3) is 0 Å². The van der Waals surface area contributed by atoms with Crippen LogP contribution in [0.1, 0.15) is 59.8 Å². The van der Waals surface area contributed by atoms with Gasteiger partial charge in [-0.05, 0) is 43.4 Å². The molecule has 2 rings (SSSR count). The number of rotatable bonds is 9. The molecule has 0 saturated heterocycles. The Bertz CT molecular complexity index is 256. The van der Waals surface area contributed by atoms with Crippen molar-refractivity contribution in [2.75, 3.05) is 19.6 Å². The van der Waals surface area contributed by atoms with Gasteiger partial charge in [-0.15, -0.1) is 0 Å². The minimum Gasteiger partial charge on any atom is -0.313 e. The largest absolute Gasteiger partial charge is 0.313 e. The Morgan fingerprint density at radius 2 is 1.89 bits per heavy atom. The highest BCUT2D eigenvalue weighted by Gasteiger charge is 2.35. The van der Waals surface area contributed by atoms with Crippen molar-refractivity contribution in [1.29, 1.82) is 0 Å². The molecular weight excluding hydrogens is 220 g/mol. The number of hydrogen-bond acceptors (Lipinski definition) is 2. The lowest BCUT2D eigenvalue weighted by atomic mass is 9.86. The van der Waals surface area contributed by atoms with Crippen molar-refractivity contribution in [3.8, 4) is 0 Å². The Morgan fingerprint density at radius 3 is 2.33 bits per heavy atom. The van der Waals surface area contributed by atoms with Gasteiger partial charge in [-0.25, -0.2) is 0 Å². The zero-order valence-electron chi connectivity index (χ0n) is 12.8. The molecule has 0 aromatic rings. The summed E-state index contributed by atoms with van der Waals surface area (Å²) in [5.74, 6) is 0.795. The summed E-state index contributed by atoms with van der Waals surface area (Å²) >= 11 is 0. The first-order valence-electron chi connectivity index (χ1n) is 8.00. The molecule has 1 unspecified atom stereocenters. The van der Waals surface area contributed by atoms with E-state index in [2.05, 4.69) is 37.9 Å².